The lowest BCUT2D eigenvalue weighted by atomic mass is 10.2. The Kier molecular flexibility index (Phi) is 14.4. The molecule has 0 N–H and O–H groups in total. The van der Waals surface area contributed by atoms with Crippen LogP contribution in [0.5, 0.6) is 0 Å². The Bertz CT molecular complexity index is 419. The molecule has 0 aliphatic rings. The Morgan fingerprint density at radius 3 is 1.77 bits per heavy atom. The van der Waals surface area contributed by atoms with E-state index in [-0.39, 0.29) is 12.2 Å². The summed E-state index contributed by atoms with van der Waals surface area (Å²) in [4.78, 5) is 2.36. The summed E-state index contributed by atoms with van der Waals surface area (Å²) in [5, 5.41) is 0. The van der Waals surface area contributed by atoms with Gasteiger partial charge in [-0.05, 0) is 29.6 Å². The highest BCUT2D eigenvalue weighted by atomic mass is 32.2. The first kappa shape index (κ1) is 23.8. The van der Waals surface area contributed by atoms with Crippen LogP contribution in [-0.2, 0) is 24.4 Å². The molecular weight excluding hydrogens is 370 g/mol. The summed E-state index contributed by atoms with van der Waals surface area (Å²) >= 11 is 2.96. The van der Waals surface area contributed by atoms with Gasteiger partial charge in [0.25, 0.3) is 0 Å². The van der Waals surface area contributed by atoms with Crippen LogP contribution in [0.25, 0.3) is 0 Å². The van der Waals surface area contributed by atoms with E-state index < -0.39 is 0 Å². The molecule has 1 rings (SSSR count). The van der Waals surface area contributed by atoms with Gasteiger partial charge in [0.2, 0.25) is 0 Å². The van der Waals surface area contributed by atoms with Crippen molar-refractivity contribution in [1.82, 2.24) is 4.90 Å². The van der Waals surface area contributed by atoms with Gasteiger partial charge in [-0.15, -0.1) is 0 Å². The predicted molar refractivity (Wildman–Crippen MR) is 111 cm³/mol. The third-order valence-electron chi connectivity index (χ3n) is 3.52. The zero-order valence-corrected chi connectivity index (χ0v) is 18.0. The first-order valence-corrected chi connectivity index (χ1v) is 10.9. The smallest absolute Gasteiger partial charge is 0.108 e. The van der Waals surface area contributed by atoms with Gasteiger partial charge in [-0.3, -0.25) is 4.90 Å². The van der Waals surface area contributed by atoms with Crippen molar-refractivity contribution >= 4 is 24.1 Å². The van der Waals surface area contributed by atoms with E-state index in [4.69, 9.17) is 17.8 Å². The topological polar surface area (TPSA) is 40.2 Å². The van der Waals surface area contributed by atoms with Gasteiger partial charge in [0.15, 0.2) is 0 Å². The fourth-order valence-corrected chi connectivity index (χ4v) is 3.43. The highest BCUT2D eigenvalue weighted by molar-refractivity contribution is 7.94. The molecule has 7 heteroatoms. The number of hydrogen-bond donors (Lipinski definition) is 0. The zero-order chi connectivity index (χ0) is 19.0. The Morgan fingerprint density at radius 2 is 1.35 bits per heavy atom. The van der Waals surface area contributed by atoms with E-state index in [1.165, 1.54) is 29.6 Å². The van der Waals surface area contributed by atoms with E-state index in [2.05, 4.69) is 43.0 Å². The second-order valence-corrected chi connectivity index (χ2v) is 7.85. The minimum Gasteiger partial charge on any atom is -0.382 e. The van der Waals surface area contributed by atoms with Gasteiger partial charge in [-0.2, -0.15) is 0 Å². The molecule has 0 heterocycles. The Balaban J connectivity index is 2.77. The molecule has 0 radical (unpaired) electrons. The molecule has 2 unspecified atom stereocenters. The number of ether oxygens (including phenoxy) is 2. The molecule has 1 aromatic rings. The third kappa shape index (κ3) is 10.8. The van der Waals surface area contributed by atoms with E-state index in [1.807, 2.05) is 6.07 Å². The first-order chi connectivity index (χ1) is 12.7. The molecule has 0 aromatic heterocycles. The molecule has 150 valence electrons. The van der Waals surface area contributed by atoms with Crippen LogP contribution in [0, 0.1) is 0 Å². The summed E-state index contributed by atoms with van der Waals surface area (Å²) < 4.78 is 22.5. The molecule has 5 nitrogen and oxygen atoms in total. The fraction of sp³-hybridized carbons (Fsp3) is 0.684. The van der Waals surface area contributed by atoms with Crippen molar-refractivity contribution in [2.45, 2.75) is 32.6 Å². The summed E-state index contributed by atoms with van der Waals surface area (Å²) in [7, 11) is 3.42. The molecule has 0 aliphatic carbocycles. The Labute approximate surface area is 167 Å². The highest BCUT2D eigenvalue weighted by Crippen LogP contribution is 2.15. The van der Waals surface area contributed by atoms with E-state index in [0.29, 0.717) is 13.2 Å². The average Bonchev–Trinajstić information content (AvgIpc) is 2.65. The summed E-state index contributed by atoms with van der Waals surface area (Å²) in [5.74, 6) is 1.84. The molecule has 0 amide bonds. The van der Waals surface area contributed by atoms with Gasteiger partial charge >= 0.3 is 0 Å². The van der Waals surface area contributed by atoms with Gasteiger partial charge in [-0.25, -0.2) is 0 Å². The number of hydrogen-bond acceptors (Lipinski definition) is 7. The minimum absolute atomic E-state index is 0.00989. The molecule has 1 aromatic carbocycles. The van der Waals surface area contributed by atoms with Crippen molar-refractivity contribution < 1.29 is 17.8 Å². The monoisotopic (exact) mass is 403 g/mol. The Morgan fingerprint density at radius 1 is 0.846 bits per heavy atom. The van der Waals surface area contributed by atoms with Crippen molar-refractivity contribution in [2.24, 2.45) is 0 Å². The van der Waals surface area contributed by atoms with Crippen LogP contribution in [0.3, 0.4) is 0 Å². The summed E-state index contributed by atoms with van der Waals surface area (Å²) in [6.45, 7) is 7.69. The van der Waals surface area contributed by atoms with Gasteiger partial charge < -0.3 is 17.8 Å². The summed E-state index contributed by atoms with van der Waals surface area (Å²) in [6.07, 6.45) is 0.0198. The Hall–Kier alpha value is -0.280. The maximum absolute atomic E-state index is 5.90. The maximum atomic E-state index is 5.90. The van der Waals surface area contributed by atoms with E-state index in [0.717, 1.165) is 31.1 Å². The zero-order valence-electron chi connectivity index (χ0n) is 16.4. The van der Waals surface area contributed by atoms with E-state index in [1.54, 1.807) is 14.2 Å². The second kappa shape index (κ2) is 15.7. The number of methoxy groups -OCH3 is 2. The predicted octanol–water partition coefficient (Wildman–Crippen LogP) is 3.89. The lowest BCUT2D eigenvalue weighted by Gasteiger charge is -2.30. The molecule has 26 heavy (non-hydrogen) atoms. The van der Waals surface area contributed by atoms with Gasteiger partial charge in [-0.1, -0.05) is 44.2 Å². The molecular formula is C19H33NO4S2. The van der Waals surface area contributed by atoms with Crippen LogP contribution in [0.4, 0.5) is 0 Å². The summed E-state index contributed by atoms with van der Waals surface area (Å²) in [6, 6.07) is 10.5. The summed E-state index contributed by atoms with van der Waals surface area (Å²) in [5.41, 5.74) is 1.27. The van der Waals surface area contributed by atoms with Crippen LogP contribution in [0.2, 0.25) is 0 Å². The molecule has 2 atom stereocenters. The largest absolute Gasteiger partial charge is 0.382 e. The molecule has 0 spiro atoms. The quantitative estimate of drug-likeness (QED) is 0.388. The minimum atomic E-state index is 0.00989. The average molecular weight is 404 g/mol. The normalized spacial score (nSPS) is 13.9. The number of nitrogens with zero attached hydrogens (tertiary/aromatic N) is 1. The second-order valence-electron chi connectivity index (χ2n) is 5.84. The van der Waals surface area contributed by atoms with E-state index >= 15 is 0 Å². The van der Waals surface area contributed by atoms with E-state index in [9.17, 15) is 0 Å². The molecule has 0 fully saturated rings. The van der Waals surface area contributed by atoms with Gasteiger partial charge in [0, 0.05) is 45.4 Å². The third-order valence-corrected chi connectivity index (χ3v) is 4.81. The standard InChI is InChI=1S/C19H33NO4S2/c1-5-25-23-18(15-21-3)13-20(12-17-10-8-7-9-11-17)14-19(16-22-4)24-26-6-2/h7-11,18-19H,5-6,12-16H2,1-4H3. The van der Waals surface area contributed by atoms with Gasteiger partial charge in [0.05, 0.1) is 13.2 Å². The molecule has 0 aliphatic heterocycles. The van der Waals surface area contributed by atoms with Crippen molar-refractivity contribution in [3.8, 4) is 0 Å². The molecule has 0 bridgehead atoms. The molecule has 0 saturated carbocycles. The van der Waals surface area contributed by atoms with Gasteiger partial charge in [0.1, 0.15) is 12.2 Å². The first-order valence-electron chi connectivity index (χ1n) is 9.04. The highest BCUT2D eigenvalue weighted by Gasteiger charge is 2.20. The molecule has 0 saturated heterocycles. The lowest BCUT2D eigenvalue weighted by Crippen LogP contribution is -2.41. The van der Waals surface area contributed by atoms with Crippen molar-refractivity contribution in [3.63, 3.8) is 0 Å². The maximum Gasteiger partial charge on any atom is 0.108 e. The van der Waals surface area contributed by atoms with Crippen LogP contribution >= 0.6 is 24.1 Å². The van der Waals surface area contributed by atoms with Crippen LogP contribution < -0.4 is 0 Å². The number of benzene rings is 1. The number of rotatable bonds is 16. The van der Waals surface area contributed by atoms with Crippen molar-refractivity contribution in [3.05, 3.63) is 35.9 Å². The van der Waals surface area contributed by atoms with Crippen molar-refractivity contribution in [1.29, 1.82) is 0 Å². The van der Waals surface area contributed by atoms with Crippen LogP contribution in [-0.4, -0.2) is 69.1 Å². The van der Waals surface area contributed by atoms with Crippen LogP contribution in [0.1, 0.15) is 19.4 Å². The lowest BCUT2D eigenvalue weighted by molar-refractivity contribution is 0.0321. The fourth-order valence-electron chi connectivity index (χ4n) is 2.54. The SMILES string of the molecule is CCSOC(COC)CN(Cc1ccccc1)CC(COC)OSCC. The van der Waals surface area contributed by atoms with Crippen LogP contribution in [0.15, 0.2) is 30.3 Å². The van der Waals surface area contributed by atoms with Crippen molar-refractivity contribution in [2.75, 3.05) is 52.0 Å².